The maximum absolute atomic E-state index is 12.3. The molecule has 1 fully saturated rings. The van der Waals surface area contributed by atoms with Crippen molar-refractivity contribution in [2.45, 2.75) is 31.3 Å². The SMILES string of the molecule is CC(C)Oc1ccc(S(=O)(=O)N2CCCOC2)cc1. The molecule has 0 saturated carbocycles. The monoisotopic (exact) mass is 285 g/mol. The number of ether oxygens (including phenoxy) is 2. The highest BCUT2D eigenvalue weighted by Gasteiger charge is 2.26. The lowest BCUT2D eigenvalue weighted by atomic mass is 10.3. The van der Waals surface area contributed by atoms with Crippen LogP contribution in [0.25, 0.3) is 0 Å². The van der Waals surface area contributed by atoms with Crippen LogP contribution in [0.1, 0.15) is 20.3 Å². The molecule has 0 amide bonds. The van der Waals surface area contributed by atoms with Crippen molar-refractivity contribution in [1.29, 1.82) is 0 Å². The van der Waals surface area contributed by atoms with E-state index in [1.165, 1.54) is 4.31 Å². The van der Waals surface area contributed by atoms with Crippen LogP contribution in [-0.2, 0) is 14.8 Å². The molecule has 0 bridgehead atoms. The number of nitrogens with zero attached hydrogens (tertiary/aromatic N) is 1. The third-order valence-electron chi connectivity index (χ3n) is 2.76. The van der Waals surface area contributed by atoms with Crippen molar-refractivity contribution in [2.75, 3.05) is 19.9 Å². The average molecular weight is 285 g/mol. The Morgan fingerprint density at radius 1 is 1.26 bits per heavy atom. The average Bonchev–Trinajstić information content (AvgIpc) is 2.40. The van der Waals surface area contributed by atoms with Gasteiger partial charge in [0.2, 0.25) is 10.0 Å². The first-order chi connectivity index (χ1) is 9.00. The Morgan fingerprint density at radius 3 is 2.47 bits per heavy atom. The van der Waals surface area contributed by atoms with Gasteiger partial charge in [-0.25, -0.2) is 8.42 Å². The Hall–Kier alpha value is -1.11. The van der Waals surface area contributed by atoms with Gasteiger partial charge in [-0.1, -0.05) is 0 Å². The Labute approximate surface area is 114 Å². The zero-order valence-corrected chi connectivity index (χ0v) is 12.0. The fourth-order valence-electron chi connectivity index (χ4n) is 1.87. The summed E-state index contributed by atoms with van der Waals surface area (Å²) in [4.78, 5) is 0.272. The summed E-state index contributed by atoms with van der Waals surface area (Å²) in [6.45, 7) is 5.11. The Balaban J connectivity index is 2.16. The molecule has 2 rings (SSSR count). The predicted octanol–water partition coefficient (Wildman–Crippen LogP) is 1.84. The second-order valence-corrected chi connectivity index (χ2v) is 6.65. The molecule has 1 aromatic rings. The van der Waals surface area contributed by atoms with Crippen LogP contribution in [0, 0.1) is 0 Å². The van der Waals surface area contributed by atoms with Crippen molar-refractivity contribution in [3.05, 3.63) is 24.3 Å². The normalized spacial score (nSPS) is 17.6. The summed E-state index contributed by atoms with van der Waals surface area (Å²) in [6.07, 6.45) is 0.797. The minimum atomic E-state index is -3.45. The van der Waals surface area contributed by atoms with Gasteiger partial charge in [-0.3, -0.25) is 0 Å². The number of rotatable bonds is 4. The van der Waals surface area contributed by atoms with Crippen molar-refractivity contribution in [3.63, 3.8) is 0 Å². The quantitative estimate of drug-likeness (QED) is 0.847. The maximum atomic E-state index is 12.3. The van der Waals surface area contributed by atoms with Crippen LogP contribution in [0.4, 0.5) is 0 Å². The first-order valence-corrected chi connectivity index (χ1v) is 7.79. The zero-order valence-electron chi connectivity index (χ0n) is 11.2. The summed E-state index contributed by atoms with van der Waals surface area (Å²) < 4.78 is 36.7. The summed E-state index contributed by atoms with van der Waals surface area (Å²) in [5.41, 5.74) is 0. The molecule has 5 nitrogen and oxygen atoms in total. The number of benzene rings is 1. The van der Waals surface area contributed by atoms with E-state index >= 15 is 0 Å². The van der Waals surface area contributed by atoms with Gasteiger partial charge in [-0.2, -0.15) is 4.31 Å². The Bertz CT molecular complexity index is 504. The van der Waals surface area contributed by atoms with Crippen LogP contribution in [-0.4, -0.2) is 38.7 Å². The van der Waals surface area contributed by atoms with Crippen LogP contribution >= 0.6 is 0 Å². The zero-order chi connectivity index (χ0) is 13.9. The van der Waals surface area contributed by atoms with Crippen LogP contribution < -0.4 is 4.74 Å². The van der Waals surface area contributed by atoms with Crippen molar-refractivity contribution in [3.8, 4) is 5.75 Å². The third kappa shape index (κ3) is 3.46. The smallest absolute Gasteiger partial charge is 0.245 e. The van der Waals surface area contributed by atoms with Gasteiger partial charge >= 0.3 is 0 Å². The molecular formula is C13H19NO4S. The van der Waals surface area contributed by atoms with Gasteiger partial charge in [0.15, 0.2) is 0 Å². The fraction of sp³-hybridized carbons (Fsp3) is 0.538. The molecular weight excluding hydrogens is 266 g/mol. The van der Waals surface area contributed by atoms with E-state index in [0.717, 1.165) is 6.42 Å². The minimum Gasteiger partial charge on any atom is -0.491 e. The summed E-state index contributed by atoms with van der Waals surface area (Å²) in [6, 6.07) is 6.50. The fourth-order valence-corrected chi connectivity index (χ4v) is 3.24. The van der Waals surface area contributed by atoms with Gasteiger partial charge in [0, 0.05) is 13.2 Å². The predicted molar refractivity (Wildman–Crippen MR) is 71.5 cm³/mol. The summed E-state index contributed by atoms with van der Waals surface area (Å²) >= 11 is 0. The molecule has 1 heterocycles. The van der Waals surface area contributed by atoms with Gasteiger partial charge in [-0.15, -0.1) is 0 Å². The van der Waals surface area contributed by atoms with E-state index in [-0.39, 0.29) is 17.7 Å². The van der Waals surface area contributed by atoms with Gasteiger partial charge in [0.25, 0.3) is 0 Å². The van der Waals surface area contributed by atoms with Crippen LogP contribution in [0.5, 0.6) is 5.75 Å². The molecule has 0 spiro atoms. The van der Waals surface area contributed by atoms with Gasteiger partial charge in [0.05, 0.1) is 11.0 Å². The van der Waals surface area contributed by atoms with E-state index in [1.54, 1.807) is 24.3 Å². The minimum absolute atomic E-state index is 0.0675. The first kappa shape index (κ1) is 14.3. The Morgan fingerprint density at radius 2 is 1.95 bits per heavy atom. The lowest BCUT2D eigenvalue weighted by molar-refractivity contribution is 0.0313. The topological polar surface area (TPSA) is 55.8 Å². The number of hydrogen-bond donors (Lipinski definition) is 0. The second-order valence-electron chi connectivity index (χ2n) is 4.71. The van der Waals surface area contributed by atoms with Gasteiger partial charge in [-0.05, 0) is 44.5 Å². The van der Waals surface area contributed by atoms with Crippen molar-refractivity contribution in [1.82, 2.24) is 4.31 Å². The molecule has 0 aromatic heterocycles. The van der Waals surface area contributed by atoms with E-state index in [4.69, 9.17) is 9.47 Å². The van der Waals surface area contributed by atoms with E-state index in [9.17, 15) is 8.42 Å². The molecule has 1 aliphatic heterocycles. The number of hydrogen-bond acceptors (Lipinski definition) is 4. The van der Waals surface area contributed by atoms with Gasteiger partial charge < -0.3 is 9.47 Å². The molecule has 0 aliphatic carbocycles. The summed E-state index contributed by atoms with van der Waals surface area (Å²) in [5, 5.41) is 0. The molecule has 0 radical (unpaired) electrons. The molecule has 0 N–H and O–H groups in total. The molecule has 6 heteroatoms. The standard InChI is InChI=1S/C13H19NO4S/c1-11(2)18-12-4-6-13(7-5-12)19(15,16)14-8-3-9-17-10-14/h4-7,11H,3,8-10H2,1-2H3. The van der Waals surface area contributed by atoms with E-state index in [0.29, 0.717) is 18.9 Å². The lowest BCUT2D eigenvalue weighted by Gasteiger charge is -2.25. The molecule has 19 heavy (non-hydrogen) atoms. The van der Waals surface area contributed by atoms with Crippen molar-refractivity contribution < 1.29 is 17.9 Å². The van der Waals surface area contributed by atoms with E-state index < -0.39 is 10.0 Å². The third-order valence-corrected chi connectivity index (χ3v) is 4.60. The molecule has 0 unspecified atom stereocenters. The summed E-state index contributed by atoms with van der Waals surface area (Å²) in [5.74, 6) is 0.670. The van der Waals surface area contributed by atoms with Gasteiger partial charge in [0.1, 0.15) is 12.5 Å². The molecule has 0 atom stereocenters. The highest BCUT2D eigenvalue weighted by molar-refractivity contribution is 7.89. The maximum Gasteiger partial charge on any atom is 0.245 e. The van der Waals surface area contributed by atoms with Crippen LogP contribution in [0.15, 0.2) is 29.2 Å². The van der Waals surface area contributed by atoms with E-state index in [1.807, 2.05) is 13.8 Å². The summed E-state index contributed by atoms with van der Waals surface area (Å²) in [7, 11) is -3.45. The molecule has 106 valence electrons. The van der Waals surface area contributed by atoms with Crippen molar-refractivity contribution >= 4 is 10.0 Å². The first-order valence-electron chi connectivity index (χ1n) is 6.35. The lowest BCUT2D eigenvalue weighted by Crippen LogP contribution is -2.38. The van der Waals surface area contributed by atoms with E-state index in [2.05, 4.69) is 0 Å². The molecule has 1 aliphatic rings. The number of sulfonamides is 1. The highest BCUT2D eigenvalue weighted by atomic mass is 32.2. The molecule has 1 saturated heterocycles. The molecule has 1 aromatic carbocycles. The highest BCUT2D eigenvalue weighted by Crippen LogP contribution is 2.21. The second kappa shape index (κ2) is 5.90. The largest absolute Gasteiger partial charge is 0.491 e. The van der Waals surface area contributed by atoms with Crippen LogP contribution in [0.3, 0.4) is 0 Å². The van der Waals surface area contributed by atoms with Crippen LogP contribution in [0.2, 0.25) is 0 Å². The van der Waals surface area contributed by atoms with Crippen molar-refractivity contribution in [2.24, 2.45) is 0 Å². The Kier molecular flexibility index (Phi) is 4.44.